The quantitative estimate of drug-likeness (QED) is 0.242. The highest BCUT2D eigenvalue weighted by atomic mass is 16.6. The molecule has 1 saturated heterocycles. The lowest BCUT2D eigenvalue weighted by Gasteiger charge is -2.23. The van der Waals surface area contributed by atoms with Crippen molar-refractivity contribution in [3.8, 4) is 11.1 Å². The third-order valence-corrected chi connectivity index (χ3v) is 7.23. The van der Waals surface area contributed by atoms with Gasteiger partial charge in [-0.3, -0.25) is 9.69 Å². The number of hydrogen-bond acceptors (Lipinski definition) is 8. The number of carbonyl (C=O) groups excluding carboxylic acids is 2. The van der Waals surface area contributed by atoms with Crippen molar-refractivity contribution in [3.05, 3.63) is 103 Å². The monoisotopic (exact) mass is 563 g/mol. The molecule has 11 heteroatoms. The van der Waals surface area contributed by atoms with E-state index in [4.69, 9.17) is 4.74 Å². The van der Waals surface area contributed by atoms with E-state index in [-0.39, 0.29) is 18.6 Å². The van der Waals surface area contributed by atoms with Crippen LogP contribution in [0, 0.1) is 0 Å². The number of aliphatic hydroxyl groups excluding tert-OH is 1. The Morgan fingerprint density at radius 1 is 0.976 bits per heavy atom. The van der Waals surface area contributed by atoms with E-state index in [1.807, 2.05) is 65.9 Å². The molecule has 4 heterocycles. The van der Waals surface area contributed by atoms with Crippen LogP contribution in [-0.4, -0.2) is 55.2 Å². The number of benzene rings is 2. The Kier molecular flexibility index (Phi) is 7.24. The lowest BCUT2D eigenvalue weighted by molar-refractivity contribution is 0.102. The number of cyclic esters (lactones) is 1. The Hall–Kier alpha value is -5.29. The maximum Gasteiger partial charge on any atom is 0.416 e. The average Bonchev–Trinajstić information content (AvgIpc) is 3.64. The van der Waals surface area contributed by atoms with Crippen molar-refractivity contribution in [3.63, 3.8) is 0 Å². The van der Waals surface area contributed by atoms with E-state index in [1.54, 1.807) is 43.8 Å². The van der Waals surface area contributed by atoms with Gasteiger partial charge < -0.3 is 24.9 Å². The number of hydrogen-bond donors (Lipinski definition) is 3. The first-order valence-corrected chi connectivity index (χ1v) is 13.5. The Balaban J connectivity index is 1.09. The molecule has 0 spiro atoms. The molecule has 3 aromatic heterocycles. The first kappa shape index (κ1) is 26.9. The molecule has 42 heavy (non-hydrogen) atoms. The lowest BCUT2D eigenvalue weighted by atomic mass is 10.0. The van der Waals surface area contributed by atoms with Gasteiger partial charge in [0.05, 0.1) is 17.7 Å². The van der Waals surface area contributed by atoms with Gasteiger partial charge in [-0.05, 0) is 60.9 Å². The molecule has 3 N–H and O–H groups in total. The Bertz CT molecular complexity index is 1730. The highest BCUT2D eigenvalue weighted by Gasteiger charge is 2.38. The van der Waals surface area contributed by atoms with Gasteiger partial charge in [0.2, 0.25) is 5.95 Å². The van der Waals surface area contributed by atoms with Crippen LogP contribution in [0.1, 0.15) is 35.8 Å². The van der Waals surface area contributed by atoms with E-state index in [9.17, 15) is 14.7 Å². The molecule has 6 rings (SSSR count). The summed E-state index contributed by atoms with van der Waals surface area (Å²) in [5, 5.41) is 16.2. The number of anilines is 3. The van der Waals surface area contributed by atoms with Crippen LogP contribution < -0.4 is 15.5 Å². The number of ether oxygens (including phenoxy) is 1. The van der Waals surface area contributed by atoms with Crippen molar-refractivity contribution < 1.29 is 19.4 Å². The van der Waals surface area contributed by atoms with E-state index >= 15 is 0 Å². The first-order valence-electron chi connectivity index (χ1n) is 13.5. The zero-order chi connectivity index (χ0) is 29.2. The summed E-state index contributed by atoms with van der Waals surface area (Å²) >= 11 is 0. The maximum absolute atomic E-state index is 12.7. The third-order valence-electron chi connectivity index (χ3n) is 7.23. The largest absolute Gasteiger partial charge is 0.447 e. The van der Waals surface area contributed by atoms with E-state index in [0.29, 0.717) is 23.0 Å². The van der Waals surface area contributed by atoms with Crippen molar-refractivity contribution in [2.75, 3.05) is 22.1 Å². The molecular weight excluding hydrogens is 534 g/mol. The number of aliphatic hydroxyl groups is 1. The first-order chi connectivity index (χ1) is 20.4. The summed E-state index contributed by atoms with van der Waals surface area (Å²) in [6.07, 6.45) is 5.50. The summed E-state index contributed by atoms with van der Waals surface area (Å²) < 4.78 is 6.92. The number of fused-ring (bicyclic) bond motifs is 1. The molecule has 1 fully saturated rings. The van der Waals surface area contributed by atoms with E-state index < -0.39 is 18.2 Å². The molecule has 3 atom stereocenters. The Labute approximate surface area is 241 Å². The van der Waals surface area contributed by atoms with Crippen molar-refractivity contribution in [1.82, 2.24) is 19.4 Å². The molecule has 0 aliphatic carbocycles. The summed E-state index contributed by atoms with van der Waals surface area (Å²) in [6, 6.07) is 20.4. The number of nitrogens with one attached hydrogen (secondary N) is 2. The number of aromatic nitrogens is 4. The number of carbonyl (C=O) groups is 2. The second-order valence-electron chi connectivity index (χ2n) is 10.1. The third kappa shape index (κ3) is 5.50. The molecule has 1 aliphatic rings. The summed E-state index contributed by atoms with van der Waals surface area (Å²) in [5.41, 5.74) is 5.10. The summed E-state index contributed by atoms with van der Waals surface area (Å²) in [4.78, 5) is 39.3. The van der Waals surface area contributed by atoms with Gasteiger partial charge in [0.25, 0.3) is 5.91 Å². The maximum atomic E-state index is 12.7. The number of pyridine rings is 1. The van der Waals surface area contributed by atoms with Crippen molar-refractivity contribution in [1.29, 1.82) is 0 Å². The Morgan fingerprint density at radius 2 is 1.71 bits per heavy atom. The van der Waals surface area contributed by atoms with Gasteiger partial charge in [-0.25, -0.2) is 14.8 Å². The molecule has 0 bridgehead atoms. The molecule has 212 valence electrons. The molecule has 0 radical (unpaired) electrons. The van der Waals surface area contributed by atoms with E-state index in [2.05, 4.69) is 25.6 Å². The zero-order valence-corrected chi connectivity index (χ0v) is 23.0. The van der Waals surface area contributed by atoms with Crippen molar-refractivity contribution in [2.24, 2.45) is 0 Å². The van der Waals surface area contributed by atoms with Gasteiger partial charge in [0, 0.05) is 30.5 Å². The number of imidazole rings is 1. The van der Waals surface area contributed by atoms with Gasteiger partial charge in [-0.2, -0.15) is 4.98 Å². The van der Waals surface area contributed by atoms with E-state index in [0.717, 1.165) is 22.3 Å². The van der Waals surface area contributed by atoms with Gasteiger partial charge in [0.15, 0.2) is 0 Å². The van der Waals surface area contributed by atoms with Crippen LogP contribution >= 0.6 is 0 Å². The van der Waals surface area contributed by atoms with Crippen LogP contribution in [0.5, 0.6) is 0 Å². The van der Waals surface area contributed by atoms with Crippen LogP contribution in [0.25, 0.3) is 16.8 Å². The topological polar surface area (TPSA) is 134 Å². The van der Waals surface area contributed by atoms with Crippen LogP contribution in [0.2, 0.25) is 0 Å². The normalized spacial score (nSPS) is 16.2. The molecule has 1 aliphatic heterocycles. The highest BCUT2D eigenvalue weighted by molar-refractivity contribution is 6.04. The average molecular weight is 564 g/mol. The minimum Gasteiger partial charge on any atom is -0.447 e. The fraction of sp³-hybridized carbons (Fsp3) is 0.194. The number of amides is 2. The molecule has 0 unspecified atom stereocenters. The second-order valence-corrected chi connectivity index (χ2v) is 10.1. The second kappa shape index (κ2) is 11.3. The highest BCUT2D eigenvalue weighted by Crippen LogP contribution is 2.27. The molecular formula is C31H29N7O4. The lowest BCUT2D eigenvalue weighted by Crippen LogP contribution is -2.41. The SMILES string of the molecule is C[C@H](Nc1nccc(N2C(=O)OC[C@@H]2[C@@H](C)O)n1)c1ccc(-c2ccc(NC(=O)c3ccc4nccn4c3)cc2)cc1. The summed E-state index contributed by atoms with van der Waals surface area (Å²) in [7, 11) is 0. The molecule has 5 aromatic rings. The van der Waals surface area contributed by atoms with Gasteiger partial charge in [-0.1, -0.05) is 36.4 Å². The van der Waals surface area contributed by atoms with Crippen LogP contribution in [0.15, 0.2) is 91.5 Å². The standard InChI is InChI=1S/C31H29N7O4/c1-19(34-30-33-14-13-28(36-30)38-26(20(2)39)18-42-31(38)41)21-3-5-22(6-4-21)23-7-10-25(11-8-23)35-29(40)24-9-12-27-32-15-16-37(27)17-24/h3-17,19-20,26,39H,18H2,1-2H3,(H,35,40)(H,33,34,36)/t19-,20+,26+/m0/s1. The summed E-state index contributed by atoms with van der Waals surface area (Å²) in [5.74, 6) is 0.528. The molecule has 2 aromatic carbocycles. The molecule has 2 amide bonds. The fourth-order valence-electron chi connectivity index (χ4n) is 4.85. The van der Waals surface area contributed by atoms with Crippen molar-refractivity contribution in [2.45, 2.75) is 32.0 Å². The van der Waals surface area contributed by atoms with Crippen LogP contribution in [0.4, 0.5) is 22.2 Å². The number of nitrogens with zero attached hydrogens (tertiary/aromatic N) is 5. The van der Waals surface area contributed by atoms with Gasteiger partial charge in [-0.15, -0.1) is 0 Å². The fourth-order valence-corrected chi connectivity index (χ4v) is 4.85. The Morgan fingerprint density at radius 3 is 2.45 bits per heavy atom. The zero-order valence-electron chi connectivity index (χ0n) is 23.0. The molecule has 0 saturated carbocycles. The predicted molar refractivity (Wildman–Crippen MR) is 158 cm³/mol. The van der Waals surface area contributed by atoms with Crippen LogP contribution in [0.3, 0.4) is 0 Å². The van der Waals surface area contributed by atoms with Gasteiger partial charge in [0.1, 0.15) is 24.1 Å². The number of rotatable bonds is 8. The van der Waals surface area contributed by atoms with Crippen LogP contribution in [-0.2, 0) is 4.74 Å². The van der Waals surface area contributed by atoms with Crippen molar-refractivity contribution >= 4 is 35.1 Å². The smallest absolute Gasteiger partial charge is 0.416 e. The minimum atomic E-state index is -0.765. The van der Waals surface area contributed by atoms with E-state index in [1.165, 1.54) is 4.90 Å². The van der Waals surface area contributed by atoms with Gasteiger partial charge >= 0.3 is 6.09 Å². The summed E-state index contributed by atoms with van der Waals surface area (Å²) in [6.45, 7) is 3.71. The minimum absolute atomic E-state index is 0.104. The molecule has 11 nitrogen and oxygen atoms in total. The predicted octanol–water partition coefficient (Wildman–Crippen LogP) is 4.92.